The lowest BCUT2D eigenvalue weighted by molar-refractivity contribution is -0.125. The zero-order valence-electron chi connectivity index (χ0n) is 16.5. The van der Waals surface area contributed by atoms with E-state index in [1.807, 2.05) is 42.5 Å². The molecule has 1 N–H and O–H groups in total. The van der Waals surface area contributed by atoms with E-state index < -0.39 is 0 Å². The van der Waals surface area contributed by atoms with Gasteiger partial charge in [-0.3, -0.25) is 4.79 Å². The van der Waals surface area contributed by atoms with Crippen molar-refractivity contribution in [3.05, 3.63) is 77.0 Å². The number of piperidine rings is 1. The van der Waals surface area contributed by atoms with E-state index in [0.29, 0.717) is 13.1 Å². The Kier molecular flexibility index (Phi) is 7.02. The predicted octanol–water partition coefficient (Wildman–Crippen LogP) is 4.92. The normalized spacial score (nSPS) is 16.3. The zero-order chi connectivity index (χ0) is 20.8. The van der Waals surface area contributed by atoms with Gasteiger partial charge >= 0.3 is 0 Å². The third kappa shape index (κ3) is 5.40. The van der Waals surface area contributed by atoms with Crippen molar-refractivity contribution in [2.75, 3.05) is 18.0 Å². The molecule has 2 aromatic carbocycles. The van der Waals surface area contributed by atoms with Gasteiger partial charge in [0.2, 0.25) is 5.91 Å². The van der Waals surface area contributed by atoms with Crippen LogP contribution < -0.4 is 10.2 Å². The van der Waals surface area contributed by atoms with Crippen LogP contribution in [0.25, 0.3) is 0 Å². The van der Waals surface area contributed by atoms with Gasteiger partial charge in [-0.2, -0.15) is 0 Å². The number of aromatic nitrogens is 2. The van der Waals surface area contributed by atoms with Crippen LogP contribution in [0, 0.1) is 5.92 Å². The van der Waals surface area contributed by atoms with Crippen LogP contribution >= 0.6 is 27.7 Å². The molecule has 1 saturated heterocycles. The van der Waals surface area contributed by atoms with Crippen LogP contribution in [-0.2, 0) is 11.3 Å². The van der Waals surface area contributed by atoms with Gasteiger partial charge in [-0.25, -0.2) is 9.97 Å². The highest BCUT2D eigenvalue weighted by atomic mass is 79.9. The highest BCUT2D eigenvalue weighted by molar-refractivity contribution is 9.10. The summed E-state index contributed by atoms with van der Waals surface area (Å²) < 4.78 is 1.04. The molecule has 30 heavy (non-hydrogen) atoms. The molecule has 5 nitrogen and oxygen atoms in total. The number of hydrogen-bond acceptors (Lipinski definition) is 5. The number of nitrogens with zero attached hydrogens (tertiary/aromatic N) is 3. The summed E-state index contributed by atoms with van der Waals surface area (Å²) in [4.78, 5) is 25.3. The first-order chi connectivity index (χ1) is 14.7. The standard InChI is InChI=1S/C23H23BrN4OS/c24-19-10-8-17(9-11-19)15-27-22(29)18-5-4-14-28(16-18)21-23(26-13-12-25-21)30-20-6-2-1-3-7-20/h1-3,6-13,18H,4-5,14-16H2,(H,27,29)/t18-/m1/s1. The van der Waals surface area contributed by atoms with Gasteiger partial charge in [-0.05, 0) is 42.7 Å². The Hall–Kier alpha value is -2.38. The number of amides is 1. The fraction of sp³-hybridized carbons (Fsp3) is 0.261. The van der Waals surface area contributed by atoms with Gasteiger partial charge in [0.25, 0.3) is 0 Å². The topological polar surface area (TPSA) is 58.1 Å². The van der Waals surface area contributed by atoms with Crippen molar-refractivity contribution >= 4 is 39.4 Å². The van der Waals surface area contributed by atoms with E-state index >= 15 is 0 Å². The van der Waals surface area contributed by atoms with E-state index in [2.05, 4.69) is 48.2 Å². The van der Waals surface area contributed by atoms with Crippen LogP contribution in [-0.4, -0.2) is 29.0 Å². The van der Waals surface area contributed by atoms with Crippen molar-refractivity contribution in [1.29, 1.82) is 0 Å². The van der Waals surface area contributed by atoms with Crippen LogP contribution in [0.3, 0.4) is 0 Å². The molecule has 1 amide bonds. The Labute approximate surface area is 189 Å². The smallest absolute Gasteiger partial charge is 0.225 e. The average Bonchev–Trinajstić information content (AvgIpc) is 2.80. The second-order valence-corrected chi connectivity index (χ2v) is 9.21. The largest absolute Gasteiger partial charge is 0.354 e. The Bertz CT molecular complexity index is 984. The molecule has 0 spiro atoms. The number of benzene rings is 2. The van der Waals surface area contributed by atoms with Gasteiger partial charge in [-0.15, -0.1) is 0 Å². The summed E-state index contributed by atoms with van der Waals surface area (Å²) in [6, 6.07) is 18.2. The van der Waals surface area contributed by atoms with Gasteiger partial charge in [0.15, 0.2) is 5.82 Å². The van der Waals surface area contributed by atoms with Crippen molar-refractivity contribution < 1.29 is 4.79 Å². The lowest BCUT2D eigenvalue weighted by Crippen LogP contribution is -2.43. The first-order valence-corrected chi connectivity index (χ1v) is 11.6. The van der Waals surface area contributed by atoms with Gasteiger partial charge in [0, 0.05) is 41.4 Å². The highest BCUT2D eigenvalue weighted by Crippen LogP contribution is 2.33. The number of anilines is 1. The molecule has 154 valence electrons. The van der Waals surface area contributed by atoms with Crippen LogP contribution in [0.4, 0.5) is 5.82 Å². The minimum Gasteiger partial charge on any atom is -0.354 e. The number of hydrogen-bond donors (Lipinski definition) is 1. The maximum Gasteiger partial charge on any atom is 0.225 e. The molecule has 1 aromatic heterocycles. The number of halogens is 1. The fourth-order valence-corrected chi connectivity index (χ4v) is 4.69. The zero-order valence-corrected chi connectivity index (χ0v) is 18.9. The Morgan fingerprint density at radius 1 is 1.10 bits per heavy atom. The van der Waals surface area contributed by atoms with E-state index in [0.717, 1.165) is 45.2 Å². The van der Waals surface area contributed by atoms with E-state index in [1.165, 1.54) is 0 Å². The molecule has 1 atom stereocenters. The molecule has 0 unspecified atom stereocenters. The molecule has 0 aliphatic carbocycles. The van der Waals surface area contributed by atoms with Gasteiger partial charge in [0.1, 0.15) is 5.03 Å². The number of carbonyl (C=O) groups is 1. The molecule has 0 saturated carbocycles. The van der Waals surface area contributed by atoms with Crippen molar-refractivity contribution in [2.24, 2.45) is 5.92 Å². The van der Waals surface area contributed by atoms with Crippen LogP contribution in [0.1, 0.15) is 18.4 Å². The number of nitrogens with one attached hydrogen (secondary N) is 1. The maximum atomic E-state index is 12.8. The minimum absolute atomic E-state index is 0.0502. The summed E-state index contributed by atoms with van der Waals surface area (Å²) in [5.41, 5.74) is 1.09. The van der Waals surface area contributed by atoms with Gasteiger partial charge < -0.3 is 10.2 Å². The molecule has 1 aliphatic rings. The van der Waals surface area contributed by atoms with Crippen molar-refractivity contribution in [3.8, 4) is 0 Å². The van der Waals surface area contributed by atoms with Crippen LogP contribution in [0.15, 0.2) is 81.4 Å². The van der Waals surface area contributed by atoms with Crippen LogP contribution in [0.5, 0.6) is 0 Å². The number of carbonyl (C=O) groups excluding carboxylic acids is 1. The van der Waals surface area contributed by atoms with Gasteiger partial charge in [0.05, 0.1) is 5.92 Å². The summed E-state index contributed by atoms with van der Waals surface area (Å²) in [6.07, 6.45) is 5.30. The summed E-state index contributed by atoms with van der Waals surface area (Å²) in [6.45, 7) is 2.09. The molecular weight excluding hydrogens is 460 g/mol. The average molecular weight is 483 g/mol. The first kappa shape index (κ1) is 20.9. The lowest BCUT2D eigenvalue weighted by atomic mass is 9.97. The Morgan fingerprint density at radius 2 is 1.87 bits per heavy atom. The second kappa shape index (κ2) is 10.1. The molecule has 3 aromatic rings. The molecular formula is C23H23BrN4OS. The molecule has 0 bridgehead atoms. The third-order valence-corrected chi connectivity index (χ3v) is 6.59. The summed E-state index contributed by atoms with van der Waals surface area (Å²) in [5.74, 6) is 0.909. The SMILES string of the molecule is O=C(NCc1ccc(Br)cc1)[C@@H]1CCCN(c2nccnc2Sc2ccccc2)C1. The quantitative estimate of drug-likeness (QED) is 0.539. The van der Waals surface area contributed by atoms with Crippen molar-refractivity contribution in [2.45, 2.75) is 29.3 Å². The summed E-state index contributed by atoms with van der Waals surface area (Å²) in [7, 11) is 0. The third-order valence-electron chi connectivity index (χ3n) is 5.08. The Morgan fingerprint density at radius 3 is 2.67 bits per heavy atom. The highest BCUT2D eigenvalue weighted by Gasteiger charge is 2.28. The predicted molar refractivity (Wildman–Crippen MR) is 124 cm³/mol. The second-order valence-electron chi connectivity index (χ2n) is 7.23. The van der Waals surface area contributed by atoms with Gasteiger partial charge in [-0.1, -0.05) is 58.0 Å². The molecule has 4 rings (SSSR count). The molecule has 2 heterocycles. The molecule has 7 heteroatoms. The lowest BCUT2D eigenvalue weighted by Gasteiger charge is -2.33. The van der Waals surface area contributed by atoms with E-state index in [4.69, 9.17) is 0 Å². The van der Waals surface area contributed by atoms with Crippen molar-refractivity contribution in [1.82, 2.24) is 15.3 Å². The Balaban J connectivity index is 1.41. The minimum atomic E-state index is -0.0502. The van der Waals surface area contributed by atoms with E-state index in [-0.39, 0.29) is 11.8 Å². The fourth-order valence-electron chi connectivity index (χ4n) is 3.53. The van der Waals surface area contributed by atoms with Crippen molar-refractivity contribution in [3.63, 3.8) is 0 Å². The summed E-state index contributed by atoms with van der Waals surface area (Å²) >= 11 is 5.04. The monoisotopic (exact) mass is 482 g/mol. The number of rotatable bonds is 6. The molecule has 1 aliphatic heterocycles. The molecule has 0 radical (unpaired) electrons. The first-order valence-electron chi connectivity index (χ1n) is 10.00. The van der Waals surface area contributed by atoms with Crippen LogP contribution in [0.2, 0.25) is 0 Å². The maximum absolute atomic E-state index is 12.8. The van der Waals surface area contributed by atoms with E-state index in [9.17, 15) is 4.79 Å². The molecule has 1 fully saturated rings. The van der Waals surface area contributed by atoms with E-state index in [1.54, 1.807) is 24.2 Å². The summed E-state index contributed by atoms with van der Waals surface area (Å²) in [5, 5.41) is 3.97.